The Morgan fingerprint density at radius 2 is 1.82 bits per heavy atom. The summed E-state index contributed by atoms with van der Waals surface area (Å²) in [6.45, 7) is 4.00. The van der Waals surface area contributed by atoms with Crippen molar-refractivity contribution < 1.29 is 17.9 Å². The van der Waals surface area contributed by atoms with Gasteiger partial charge in [0.15, 0.2) is 0 Å². The van der Waals surface area contributed by atoms with Crippen molar-refractivity contribution in [3.8, 4) is 5.75 Å². The van der Waals surface area contributed by atoms with Crippen LogP contribution in [0.3, 0.4) is 0 Å². The molecule has 0 radical (unpaired) electrons. The second kappa shape index (κ2) is 10.5. The molecule has 0 heterocycles. The fraction of sp³-hybridized carbons (Fsp3) is 0.350. The molecule has 0 aliphatic carbocycles. The molecule has 6 nitrogen and oxygen atoms in total. The van der Waals surface area contributed by atoms with E-state index < -0.39 is 10.0 Å². The first-order valence-electron chi connectivity index (χ1n) is 9.09. The predicted molar refractivity (Wildman–Crippen MR) is 116 cm³/mol. The van der Waals surface area contributed by atoms with Crippen LogP contribution in [0.4, 0.5) is 11.4 Å². The number of sulfonamides is 1. The van der Waals surface area contributed by atoms with Crippen LogP contribution in [0.2, 0.25) is 0 Å². The number of carbonyl (C=O) groups excluding carboxylic acids is 1. The maximum atomic E-state index is 12.2. The number of halogens is 1. The number of benzene rings is 2. The number of ether oxygens (including phenoxy) is 1. The van der Waals surface area contributed by atoms with Crippen molar-refractivity contribution in [2.75, 3.05) is 22.4 Å². The van der Waals surface area contributed by atoms with Crippen LogP contribution in [0, 0.1) is 6.92 Å². The molecule has 0 atom stereocenters. The second-order valence-electron chi connectivity index (χ2n) is 6.33. The van der Waals surface area contributed by atoms with Crippen LogP contribution in [-0.2, 0) is 14.8 Å². The summed E-state index contributed by atoms with van der Waals surface area (Å²) < 4.78 is 33.1. The molecule has 1 amide bonds. The van der Waals surface area contributed by atoms with Gasteiger partial charge in [-0.3, -0.25) is 9.52 Å². The van der Waals surface area contributed by atoms with Crippen molar-refractivity contribution in [1.29, 1.82) is 0 Å². The Bertz CT molecular complexity index is 916. The van der Waals surface area contributed by atoms with Gasteiger partial charge in [-0.1, -0.05) is 25.1 Å². The molecule has 2 aromatic rings. The van der Waals surface area contributed by atoms with E-state index in [0.717, 1.165) is 10.2 Å². The smallest absolute Gasteiger partial charge is 0.232 e. The number of hydrogen-bond acceptors (Lipinski definition) is 4. The van der Waals surface area contributed by atoms with Crippen molar-refractivity contribution in [2.24, 2.45) is 0 Å². The number of carbonyl (C=O) groups is 1. The maximum Gasteiger partial charge on any atom is 0.232 e. The highest BCUT2D eigenvalue weighted by molar-refractivity contribution is 9.10. The lowest BCUT2D eigenvalue weighted by atomic mass is 10.1. The third-order valence-electron chi connectivity index (χ3n) is 3.99. The molecular formula is C20H25BrN2O4S. The van der Waals surface area contributed by atoms with E-state index >= 15 is 0 Å². The minimum absolute atomic E-state index is 0.0561. The number of rotatable bonds is 10. The SMILES string of the molecule is CCCS(=O)(=O)Nc1cccc(NC(=O)CCCOc2ccccc2Br)c1C. The largest absolute Gasteiger partial charge is 0.492 e. The summed E-state index contributed by atoms with van der Waals surface area (Å²) in [5, 5.41) is 2.84. The quantitative estimate of drug-likeness (QED) is 0.494. The van der Waals surface area contributed by atoms with Crippen LogP contribution in [0.25, 0.3) is 0 Å². The van der Waals surface area contributed by atoms with Crippen molar-refractivity contribution in [2.45, 2.75) is 33.1 Å². The second-order valence-corrected chi connectivity index (χ2v) is 9.03. The Labute approximate surface area is 174 Å². The van der Waals surface area contributed by atoms with E-state index in [4.69, 9.17) is 4.74 Å². The fourth-order valence-electron chi connectivity index (χ4n) is 2.56. The van der Waals surface area contributed by atoms with Gasteiger partial charge in [0.1, 0.15) is 5.75 Å². The van der Waals surface area contributed by atoms with Crippen LogP contribution in [-0.4, -0.2) is 26.7 Å². The van der Waals surface area contributed by atoms with Gasteiger partial charge in [0, 0.05) is 12.1 Å². The van der Waals surface area contributed by atoms with Crippen LogP contribution in [0.1, 0.15) is 31.7 Å². The minimum Gasteiger partial charge on any atom is -0.492 e. The number of amides is 1. The van der Waals surface area contributed by atoms with Crippen LogP contribution in [0.5, 0.6) is 5.75 Å². The molecule has 2 N–H and O–H groups in total. The van der Waals surface area contributed by atoms with Gasteiger partial charge in [-0.25, -0.2) is 8.42 Å². The summed E-state index contributed by atoms with van der Waals surface area (Å²) in [5.41, 5.74) is 1.75. The molecule has 8 heteroatoms. The van der Waals surface area contributed by atoms with Crippen LogP contribution in [0.15, 0.2) is 46.9 Å². The fourth-order valence-corrected chi connectivity index (χ4v) is 4.15. The first-order valence-corrected chi connectivity index (χ1v) is 11.5. The molecule has 0 saturated carbocycles. The summed E-state index contributed by atoms with van der Waals surface area (Å²) in [7, 11) is -3.38. The van der Waals surface area contributed by atoms with E-state index in [0.29, 0.717) is 42.8 Å². The highest BCUT2D eigenvalue weighted by Crippen LogP contribution is 2.25. The van der Waals surface area contributed by atoms with Crippen LogP contribution < -0.4 is 14.8 Å². The number of anilines is 2. The van der Waals surface area contributed by atoms with Gasteiger partial charge in [0.2, 0.25) is 15.9 Å². The zero-order valence-electron chi connectivity index (χ0n) is 16.0. The topological polar surface area (TPSA) is 84.5 Å². The third kappa shape index (κ3) is 6.83. The Kier molecular flexibility index (Phi) is 8.32. The van der Waals surface area contributed by atoms with Crippen molar-refractivity contribution in [1.82, 2.24) is 0 Å². The van der Waals surface area contributed by atoms with Crippen molar-refractivity contribution in [3.05, 3.63) is 52.5 Å². The molecule has 0 bridgehead atoms. The van der Waals surface area contributed by atoms with Gasteiger partial charge >= 0.3 is 0 Å². The number of para-hydroxylation sites is 1. The van der Waals surface area contributed by atoms with E-state index in [1.807, 2.05) is 31.2 Å². The minimum atomic E-state index is -3.38. The molecule has 0 aromatic heterocycles. The van der Waals surface area contributed by atoms with Gasteiger partial charge in [0.05, 0.1) is 22.5 Å². The molecule has 152 valence electrons. The van der Waals surface area contributed by atoms with Gasteiger partial charge < -0.3 is 10.1 Å². The Hall–Kier alpha value is -2.06. The molecule has 0 spiro atoms. The lowest BCUT2D eigenvalue weighted by Crippen LogP contribution is -2.18. The summed E-state index contributed by atoms with van der Waals surface area (Å²) >= 11 is 3.41. The van der Waals surface area contributed by atoms with Crippen molar-refractivity contribution in [3.63, 3.8) is 0 Å². The first-order chi connectivity index (χ1) is 13.3. The maximum absolute atomic E-state index is 12.2. The molecule has 0 saturated heterocycles. The predicted octanol–water partition coefficient (Wildman–Crippen LogP) is 4.71. The zero-order valence-corrected chi connectivity index (χ0v) is 18.4. The summed E-state index contributed by atoms with van der Waals surface area (Å²) in [4.78, 5) is 12.2. The molecule has 0 aliphatic heterocycles. The number of nitrogens with one attached hydrogen (secondary N) is 2. The standard InChI is InChI=1S/C20H25BrN2O4S/c1-3-14-28(25,26)23-18-10-6-9-17(15(18)2)22-20(24)12-7-13-27-19-11-5-4-8-16(19)21/h4-6,8-11,23H,3,7,12-14H2,1-2H3,(H,22,24). The van der Waals surface area contributed by atoms with Crippen molar-refractivity contribution >= 4 is 43.2 Å². The number of hydrogen-bond donors (Lipinski definition) is 2. The third-order valence-corrected chi connectivity index (χ3v) is 6.12. The van der Waals surface area contributed by atoms with Gasteiger partial charge in [-0.05, 0) is 65.5 Å². The molecule has 2 aromatic carbocycles. The molecule has 0 aliphatic rings. The van der Waals surface area contributed by atoms with E-state index in [-0.39, 0.29) is 11.7 Å². The summed E-state index contributed by atoms with van der Waals surface area (Å²) in [6, 6.07) is 12.7. The monoisotopic (exact) mass is 468 g/mol. The lowest BCUT2D eigenvalue weighted by molar-refractivity contribution is -0.116. The highest BCUT2D eigenvalue weighted by Gasteiger charge is 2.13. The van der Waals surface area contributed by atoms with Gasteiger partial charge in [-0.15, -0.1) is 0 Å². The zero-order chi connectivity index (χ0) is 20.6. The van der Waals surface area contributed by atoms with Gasteiger partial charge in [-0.2, -0.15) is 0 Å². The molecule has 28 heavy (non-hydrogen) atoms. The highest BCUT2D eigenvalue weighted by atomic mass is 79.9. The lowest BCUT2D eigenvalue weighted by Gasteiger charge is -2.14. The summed E-state index contributed by atoms with van der Waals surface area (Å²) in [5.74, 6) is 0.652. The molecule has 2 rings (SSSR count). The van der Waals surface area contributed by atoms with E-state index in [1.54, 1.807) is 25.1 Å². The Balaban J connectivity index is 1.88. The Morgan fingerprint density at radius 3 is 2.54 bits per heavy atom. The van der Waals surface area contributed by atoms with E-state index in [9.17, 15) is 13.2 Å². The van der Waals surface area contributed by atoms with Gasteiger partial charge in [0.25, 0.3) is 0 Å². The molecular weight excluding hydrogens is 444 g/mol. The normalized spacial score (nSPS) is 11.1. The first kappa shape index (κ1) is 22.2. The van der Waals surface area contributed by atoms with Crippen LogP contribution >= 0.6 is 15.9 Å². The van der Waals surface area contributed by atoms with E-state index in [2.05, 4.69) is 26.0 Å². The summed E-state index contributed by atoms with van der Waals surface area (Å²) in [6.07, 6.45) is 1.40. The average molecular weight is 469 g/mol. The average Bonchev–Trinajstić information content (AvgIpc) is 2.63. The molecule has 0 unspecified atom stereocenters. The Morgan fingerprint density at radius 1 is 1.11 bits per heavy atom. The molecule has 0 fully saturated rings. The van der Waals surface area contributed by atoms with E-state index in [1.165, 1.54) is 0 Å².